The molecule has 32 heavy (non-hydrogen) atoms. The maximum atomic E-state index is 12.7. The Labute approximate surface area is 195 Å². The molecule has 0 aromatic heterocycles. The van der Waals surface area contributed by atoms with Crippen molar-refractivity contribution in [2.75, 3.05) is 6.61 Å². The van der Waals surface area contributed by atoms with Gasteiger partial charge in [-0.1, -0.05) is 74.5 Å². The summed E-state index contributed by atoms with van der Waals surface area (Å²) in [4.78, 5) is 15.9. The second-order valence-corrected chi connectivity index (χ2v) is 13.8. The van der Waals surface area contributed by atoms with Crippen LogP contribution in [0.25, 0.3) is 11.6 Å². The zero-order chi connectivity index (χ0) is 23.8. The molecule has 0 aliphatic rings. The Hall–Kier alpha value is -3.10. The van der Waals surface area contributed by atoms with Gasteiger partial charge in [-0.3, -0.25) is 0 Å². The Morgan fingerprint density at radius 3 is 2.31 bits per heavy atom. The maximum Gasteiger partial charge on any atom is 0.439 e. The first-order valence-corrected chi connectivity index (χ1v) is 13.4. The normalized spacial score (nSPS) is 11.6. The van der Waals surface area contributed by atoms with Crippen LogP contribution in [0.5, 0.6) is 0 Å². The molecule has 2 rings (SSSR count). The van der Waals surface area contributed by atoms with Crippen LogP contribution in [-0.4, -0.2) is 31.4 Å². The van der Waals surface area contributed by atoms with Crippen molar-refractivity contribution in [1.29, 1.82) is 0 Å². The molecule has 0 N–H and O–H groups in total. The lowest BCUT2D eigenvalue weighted by atomic mass is 10.1. The molecular weight excluding hydrogens is 440 g/mol. The number of hydrogen-bond donors (Lipinski definition) is 0. The van der Waals surface area contributed by atoms with E-state index in [0.29, 0.717) is 5.02 Å². The predicted molar refractivity (Wildman–Crippen MR) is 131 cm³/mol. The minimum atomic E-state index is -2.36. The van der Waals surface area contributed by atoms with Crippen LogP contribution in [0.2, 0.25) is 23.2 Å². The average Bonchev–Trinajstić information content (AvgIpc) is 2.73. The molecule has 7 heteroatoms. The van der Waals surface area contributed by atoms with Crippen LogP contribution in [0.4, 0.5) is 0 Å². The molecule has 5 nitrogen and oxygen atoms in total. The van der Waals surface area contributed by atoms with Gasteiger partial charge in [0.2, 0.25) is 5.76 Å². The van der Waals surface area contributed by atoms with Crippen molar-refractivity contribution < 1.29 is 18.7 Å². The standard InChI is InChI=1S/C25H27ClN2O3Si/c1-25(2,3)32(4,5)31-22(18-20-13-15-21(26)16-14-20)23(28-27)24(29)30-17-9-12-19-10-7-6-8-11-19/h6-8,10-11,13-16,18H,17H2,1-5H3/b22-18+. The number of carbonyl (C=O) groups excluding carboxylic acids is 1. The second-order valence-electron chi connectivity index (χ2n) is 8.62. The van der Waals surface area contributed by atoms with Gasteiger partial charge in [0.1, 0.15) is 0 Å². The fourth-order valence-electron chi connectivity index (χ4n) is 2.30. The van der Waals surface area contributed by atoms with Gasteiger partial charge in [0, 0.05) is 10.6 Å². The molecule has 166 valence electrons. The molecular formula is C25H27ClN2O3Si. The number of rotatable bonds is 6. The van der Waals surface area contributed by atoms with Crippen molar-refractivity contribution in [2.45, 2.75) is 38.9 Å². The smallest absolute Gasteiger partial charge is 0.439 e. The molecule has 0 aliphatic carbocycles. The summed E-state index contributed by atoms with van der Waals surface area (Å²) >= 11 is 5.97. The molecule has 2 aromatic carbocycles. The van der Waals surface area contributed by atoms with E-state index in [1.807, 2.05) is 43.4 Å². The third kappa shape index (κ3) is 7.25. The molecule has 2 aromatic rings. The van der Waals surface area contributed by atoms with E-state index in [4.69, 9.17) is 20.8 Å². The number of carbonyl (C=O) groups is 1. The monoisotopic (exact) mass is 466 g/mol. The molecule has 0 unspecified atom stereocenters. The van der Waals surface area contributed by atoms with Crippen LogP contribution >= 0.6 is 11.6 Å². The van der Waals surface area contributed by atoms with Crippen molar-refractivity contribution in [3.63, 3.8) is 0 Å². The number of halogens is 1. The van der Waals surface area contributed by atoms with Gasteiger partial charge in [-0.15, -0.1) is 0 Å². The van der Waals surface area contributed by atoms with Gasteiger partial charge in [-0.05, 0) is 54.0 Å². The number of nitrogens with zero attached hydrogens (tertiary/aromatic N) is 2. The molecule has 0 spiro atoms. The van der Waals surface area contributed by atoms with Crippen LogP contribution in [-0.2, 0) is 14.0 Å². The van der Waals surface area contributed by atoms with Gasteiger partial charge < -0.3 is 14.7 Å². The summed E-state index contributed by atoms with van der Waals surface area (Å²) in [5, 5.41) is 0.444. The van der Waals surface area contributed by atoms with Crippen LogP contribution < -0.4 is 0 Å². The van der Waals surface area contributed by atoms with Gasteiger partial charge >= 0.3 is 11.7 Å². The van der Waals surface area contributed by atoms with Crippen molar-refractivity contribution in [2.24, 2.45) is 0 Å². The largest absolute Gasteiger partial charge is 0.538 e. The maximum absolute atomic E-state index is 12.7. The SMILES string of the molecule is CC(C)(C)[Si](C)(C)O/C(=C/c1ccc(Cl)cc1)C(=[N+]=[N-])C(=O)OCC#Cc1ccccc1. The van der Waals surface area contributed by atoms with Gasteiger partial charge in [-0.25, -0.2) is 4.79 Å². The molecule has 0 bridgehead atoms. The first-order chi connectivity index (χ1) is 15.0. The van der Waals surface area contributed by atoms with Crippen LogP contribution in [0, 0.1) is 11.8 Å². The lowest BCUT2D eigenvalue weighted by Crippen LogP contribution is -2.42. The second kappa shape index (κ2) is 11.0. The van der Waals surface area contributed by atoms with Gasteiger partial charge in [0.25, 0.3) is 8.32 Å². The third-order valence-electron chi connectivity index (χ3n) is 5.15. The fraction of sp³-hybridized carbons (Fsp3) is 0.280. The van der Waals surface area contributed by atoms with E-state index in [1.165, 1.54) is 0 Å². The first-order valence-electron chi connectivity index (χ1n) is 10.1. The highest BCUT2D eigenvalue weighted by atomic mass is 35.5. The molecule has 0 saturated carbocycles. The first kappa shape index (κ1) is 25.2. The Kier molecular flexibility index (Phi) is 8.62. The highest BCUT2D eigenvalue weighted by molar-refractivity contribution is 6.74. The van der Waals surface area contributed by atoms with Gasteiger partial charge in [-0.2, -0.15) is 4.79 Å². The Morgan fingerprint density at radius 1 is 1.12 bits per heavy atom. The van der Waals surface area contributed by atoms with Crippen molar-refractivity contribution in [3.05, 3.63) is 82.0 Å². The van der Waals surface area contributed by atoms with Crippen molar-refractivity contribution in [1.82, 2.24) is 0 Å². The predicted octanol–water partition coefficient (Wildman–Crippen LogP) is 5.97. The molecule has 0 atom stereocenters. The number of hydrogen-bond acceptors (Lipinski definition) is 3. The minimum absolute atomic E-state index is 0.141. The fourth-order valence-corrected chi connectivity index (χ4v) is 3.44. The summed E-state index contributed by atoms with van der Waals surface area (Å²) in [6, 6.07) is 16.4. The molecule has 0 heterocycles. The topological polar surface area (TPSA) is 71.9 Å². The summed E-state index contributed by atoms with van der Waals surface area (Å²) in [6.07, 6.45) is 1.64. The molecule has 0 fully saturated rings. The summed E-state index contributed by atoms with van der Waals surface area (Å²) in [7, 11) is -2.36. The minimum Gasteiger partial charge on any atom is -0.538 e. The summed E-state index contributed by atoms with van der Waals surface area (Å²) in [5.74, 6) is 5.01. The van der Waals surface area contributed by atoms with Crippen LogP contribution in [0.3, 0.4) is 0 Å². The van der Waals surface area contributed by atoms with E-state index < -0.39 is 14.3 Å². The zero-order valence-corrected chi connectivity index (χ0v) is 20.7. The van der Waals surface area contributed by atoms with Crippen LogP contribution in [0.1, 0.15) is 31.9 Å². The van der Waals surface area contributed by atoms with Gasteiger partial charge in [0.05, 0.1) is 0 Å². The van der Waals surface area contributed by atoms with E-state index in [-0.39, 0.29) is 23.1 Å². The molecule has 0 amide bonds. The van der Waals surface area contributed by atoms with E-state index in [1.54, 1.807) is 30.3 Å². The van der Waals surface area contributed by atoms with Crippen molar-refractivity contribution in [3.8, 4) is 11.8 Å². The lowest BCUT2D eigenvalue weighted by Gasteiger charge is -2.36. The van der Waals surface area contributed by atoms with E-state index in [0.717, 1.165) is 11.1 Å². The number of ether oxygens (including phenoxy) is 1. The molecule has 0 aliphatic heterocycles. The zero-order valence-electron chi connectivity index (χ0n) is 19.0. The Bertz CT molecular complexity index is 1090. The third-order valence-corrected chi connectivity index (χ3v) is 9.74. The highest BCUT2D eigenvalue weighted by Crippen LogP contribution is 2.38. The molecule has 0 radical (unpaired) electrons. The molecule has 0 saturated heterocycles. The number of esters is 1. The van der Waals surface area contributed by atoms with E-state index in [9.17, 15) is 10.3 Å². The van der Waals surface area contributed by atoms with Gasteiger partial charge in [0.15, 0.2) is 6.61 Å². The Balaban J connectivity index is 2.29. The number of benzene rings is 2. The van der Waals surface area contributed by atoms with E-state index in [2.05, 4.69) is 37.4 Å². The summed E-state index contributed by atoms with van der Waals surface area (Å²) in [5.41, 5.74) is 10.9. The highest BCUT2D eigenvalue weighted by Gasteiger charge is 2.42. The van der Waals surface area contributed by atoms with Crippen molar-refractivity contribution >= 4 is 37.7 Å². The van der Waals surface area contributed by atoms with Crippen LogP contribution in [0.15, 0.2) is 60.4 Å². The quantitative estimate of drug-likeness (QED) is 0.100. The Morgan fingerprint density at radius 2 is 1.75 bits per heavy atom. The lowest BCUT2D eigenvalue weighted by molar-refractivity contribution is -0.139. The van der Waals surface area contributed by atoms with E-state index >= 15 is 0 Å². The summed E-state index contributed by atoms with van der Waals surface area (Å²) in [6.45, 7) is 10.1. The average molecular weight is 467 g/mol. The summed E-state index contributed by atoms with van der Waals surface area (Å²) < 4.78 is 11.6.